The van der Waals surface area contributed by atoms with Crippen LogP contribution in [-0.4, -0.2) is 70.3 Å². The minimum absolute atomic E-state index is 0.159. The van der Waals surface area contributed by atoms with Crippen LogP contribution in [0.15, 0.2) is 36.9 Å². The van der Waals surface area contributed by atoms with Gasteiger partial charge in [-0.2, -0.15) is 4.31 Å². The van der Waals surface area contributed by atoms with Crippen molar-refractivity contribution in [2.45, 2.75) is 25.8 Å². The van der Waals surface area contributed by atoms with Crippen molar-refractivity contribution < 1.29 is 18.3 Å². The number of carbonyl (C=O) groups is 1. The van der Waals surface area contributed by atoms with Crippen LogP contribution in [-0.2, 0) is 14.8 Å². The lowest BCUT2D eigenvalue weighted by atomic mass is 10.1. The summed E-state index contributed by atoms with van der Waals surface area (Å²) >= 11 is 6.32. The van der Waals surface area contributed by atoms with E-state index in [1.165, 1.54) is 0 Å². The van der Waals surface area contributed by atoms with Crippen LogP contribution in [0.4, 0.5) is 5.82 Å². The van der Waals surface area contributed by atoms with Crippen molar-refractivity contribution in [3.05, 3.63) is 47.5 Å². The molecule has 1 atom stereocenters. The van der Waals surface area contributed by atoms with E-state index in [-0.39, 0.29) is 18.8 Å². The molecule has 170 valence electrons. The Balaban J connectivity index is 1.65. The van der Waals surface area contributed by atoms with Crippen molar-refractivity contribution in [3.8, 4) is 5.69 Å². The second kappa shape index (κ2) is 8.68. The number of imidazole rings is 1. The lowest BCUT2D eigenvalue weighted by molar-refractivity contribution is -0.140. The zero-order valence-corrected chi connectivity index (χ0v) is 19.3. The highest BCUT2D eigenvalue weighted by Gasteiger charge is 2.38. The SMILES string of the molecule is Cc1c(Cl)ccc2c(-n3ccnc3)cc(N(C)CCS(=O)(=O)N3CCCC3C(=O)O)nc12. The Bertz CT molecular complexity index is 1260. The zero-order chi connectivity index (χ0) is 23.0. The van der Waals surface area contributed by atoms with Gasteiger partial charge in [0.05, 0.1) is 23.3 Å². The van der Waals surface area contributed by atoms with Crippen LogP contribution in [0.25, 0.3) is 16.6 Å². The highest BCUT2D eigenvalue weighted by molar-refractivity contribution is 7.89. The van der Waals surface area contributed by atoms with E-state index >= 15 is 0 Å². The van der Waals surface area contributed by atoms with Gasteiger partial charge in [-0.05, 0) is 37.5 Å². The molecule has 0 amide bonds. The Morgan fingerprint density at radius 1 is 1.38 bits per heavy atom. The van der Waals surface area contributed by atoms with Crippen LogP contribution in [0.2, 0.25) is 5.02 Å². The van der Waals surface area contributed by atoms with E-state index in [2.05, 4.69) is 4.98 Å². The van der Waals surface area contributed by atoms with Crippen molar-refractivity contribution in [1.29, 1.82) is 0 Å². The maximum Gasteiger partial charge on any atom is 0.322 e. The molecule has 2 aromatic heterocycles. The van der Waals surface area contributed by atoms with Crippen LogP contribution in [0.1, 0.15) is 18.4 Å². The topological polar surface area (TPSA) is 109 Å². The van der Waals surface area contributed by atoms with Gasteiger partial charge in [-0.25, -0.2) is 18.4 Å². The number of sulfonamides is 1. The Labute approximate surface area is 191 Å². The number of carboxylic acids is 1. The van der Waals surface area contributed by atoms with Gasteiger partial charge in [-0.1, -0.05) is 11.6 Å². The number of pyridine rings is 1. The van der Waals surface area contributed by atoms with Gasteiger partial charge in [-0.3, -0.25) is 4.79 Å². The summed E-state index contributed by atoms with van der Waals surface area (Å²) in [6.45, 7) is 2.29. The molecule has 0 aliphatic carbocycles. The molecule has 1 fully saturated rings. The van der Waals surface area contributed by atoms with Crippen LogP contribution in [0.5, 0.6) is 0 Å². The summed E-state index contributed by atoms with van der Waals surface area (Å²) in [5.74, 6) is -0.729. The number of aromatic nitrogens is 3. The van der Waals surface area contributed by atoms with Crippen molar-refractivity contribution >= 4 is 44.3 Å². The summed E-state index contributed by atoms with van der Waals surface area (Å²) in [5, 5.41) is 10.8. The number of carboxylic acid groups (broad SMARTS) is 1. The van der Waals surface area contributed by atoms with Gasteiger partial charge in [0.25, 0.3) is 0 Å². The Hall–Kier alpha value is -2.69. The predicted octanol–water partition coefficient (Wildman–Crippen LogP) is 2.70. The van der Waals surface area contributed by atoms with Gasteiger partial charge in [0.1, 0.15) is 11.9 Å². The molecule has 1 aliphatic rings. The standard InChI is InChI=1S/C21H24ClN5O4S/c1-14-16(22)6-5-15-18(26-9-7-23-13-26)12-19(24-20(14)15)25(2)10-11-32(30,31)27-8-3-4-17(27)21(28)29/h5-7,9,12-13,17H,3-4,8,10-11H2,1-2H3,(H,28,29). The predicted molar refractivity (Wildman–Crippen MR) is 123 cm³/mol. The lowest BCUT2D eigenvalue weighted by Gasteiger charge is -2.24. The minimum Gasteiger partial charge on any atom is -0.480 e. The lowest BCUT2D eigenvalue weighted by Crippen LogP contribution is -2.43. The van der Waals surface area contributed by atoms with Crippen LogP contribution < -0.4 is 4.90 Å². The van der Waals surface area contributed by atoms with Crippen LogP contribution in [0, 0.1) is 6.92 Å². The molecule has 1 saturated heterocycles. The molecule has 1 aliphatic heterocycles. The average molecular weight is 478 g/mol. The van der Waals surface area contributed by atoms with E-state index < -0.39 is 22.0 Å². The van der Waals surface area contributed by atoms with Gasteiger partial charge < -0.3 is 14.6 Å². The summed E-state index contributed by atoms with van der Waals surface area (Å²) < 4.78 is 28.6. The van der Waals surface area contributed by atoms with Crippen molar-refractivity contribution in [2.75, 3.05) is 30.8 Å². The molecule has 0 spiro atoms. The third kappa shape index (κ3) is 4.17. The Kier molecular flexibility index (Phi) is 6.11. The fraction of sp³-hybridized carbons (Fsp3) is 0.381. The van der Waals surface area contributed by atoms with Crippen LogP contribution >= 0.6 is 11.6 Å². The molecule has 0 bridgehead atoms. The number of anilines is 1. The summed E-state index contributed by atoms with van der Waals surface area (Å²) in [6.07, 6.45) is 6.08. The third-order valence-electron chi connectivity index (χ3n) is 5.84. The first-order valence-corrected chi connectivity index (χ1v) is 12.2. The van der Waals surface area contributed by atoms with Gasteiger partial charge >= 0.3 is 5.97 Å². The van der Waals surface area contributed by atoms with E-state index in [1.54, 1.807) is 24.5 Å². The Morgan fingerprint density at radius 2 is 2.16 bits per heavy atom. The van der Waals surface area contributed by atoms with Crippen molar-refractivity contribution in [1.82, 2.24) is 18.8 Å². The number of hydrogen-bond acceptors (Lipinski definition) is 6. The first kappa shape index (κ1) is 22.5. The fourth-order valence-corrected chi connectivity index (χ4v) is 5.87. The number of fused-ring (bicyclic) bond motifs is 1. The van der Waals surface area contributed by atoms with Gasteiger partial charge in [0.2, 0.25) is 10.0 Å². The molecule has 0 saturated carbocycles. The quantitative estimate of drug-likeness (QED) is 0.557. The minimum atomic E-state index is -3.72. The third-order valence-corrected chi connectivity index (χ3v) is 8.10. The molecule has 9 nitrogen and oxygen atoms in total. The second-order valence-corrected chi connectivity index (χ2v) is 10.3. The normalized spacial score (nSPS) is 17.2. The number of hydrogen-bond donors (Lipinski definition) is 1. The maximum atomic E-state index is 12.8. The van der Waals surface area contributed by atoms with Crippen molar-refractivity contribution in [3.63, 3.8) is 0 Å². The highest BCUT2D eigenvalue weighted by atomic mass is 35.5. The van der Waals surface area contributed by atoms with Crippen molar-refractivity contribution in [2.24, 2.45) is 0 Å². The monoisotopic (exact) mass is 477 g/mol. The molecule has 4 rings (SSSR count). The molecule has 0 radical (unpaired) electrons. The van der Waals surface area contributed by atoms with Gasteiger partial charge in [-0.15, -0.1) is 0 Å². The molecule has 1 aromatic carbocycles. The Morgan fingerprint density at radius 3 is 2.84 bits per heavy atom. The summed E-state index contributed by atoms with van der Waals surface area (Å²) in [4.78, 5) is 22.0. The molecule has 3 aromatic rings. The highest BCUT2D eigenvalue weighted by Crippen LogP contribution is 2.31. The van der Waals surface area contributed by atoms with E-state index in [4.69, 9.17) is 16.6 Å². The van der Waals surface area contributed by atoms with E-state index in [0.717, 1.165) is 26.5 Å². The summed E-state index contributed by atoms with van der Waals surface area (Å²) in [5.41, 5.74) is 2.40. The van der Waals surface area contributed by atoms with E-state index in [9.17, 15) is 18.3 Å². The first-order valence-electron chi connectivity index (χ1n) is 10.2. The number of aryl methyl sites for hydroxylation is 1. The molecule has 11 heteroatoms. The number of rotatable bonds is 7. The van der Waals surface area contributed by atoms with Crippen LogP contribution in [0.3, 0.4) is 0 Å². The van der Waals surface area contributed by atoms with Gasteiger partial charge in [0.15, 0.2) is 0 Å². The van der Waals surface area contributed by atoms with E-state index in [0.29, 0.717) is 23.7 Å². The zero-order valence-electron chi connectivity index (χ0n) is 17.8. The number of benzene rings is 1. The smallest absolute Gasteiger partial charge is 0.322 e. The summed E-state index contributed by atoms with van der Waals surface area (Å²) in [6, 6.07) is 4.62. The number of halogens is 1. The molecular weight excluding hydrogens is 454 g/mol. The first-order chi connectivity index (χ1) is 15.2. The summed E-state index contributed by atoms with van der Waals surface area (Å²) in [7, 11) is -1.96. The average Bonchev–Trinajstić information content (AvgIpc) is 3.46. The fourth-order valence-electron chi connectivity index (χ4n) is 3.99. The molecular formula is C21H24ClN5O4S. The number of nitrogens with zero attached hydrogens (tertiary/aromatic N) is 5. The van der Waals surface area contributed by atoms with E-state index in [1.807, 2.05) is 35.9 Å². The number of aliphatic carboxylic acids is 1. The second-order valence-electron chi connectivity index (χ2n) is 7.88. The molecule has 32 heavy (non-hydrogen) atoms. The maximum absolute atomic E-state index is 12.8. The van der Waals surface area contributed by atoms with Gasteiger partial charge in [0, 0.05) is 49.0 Å². The largest absolute Gasteiger partial charge is 0.480 e. The molecule has 1 N–H and O–H groups in total. The molecule has 3 heterocycles. The molecule has 1 unspecified atom stereocenters.